The molecule has 0 fully saturated rings. The lowest BCUT2D eigenvalue weighted by Crippen LogP contribution is -2.33. The van der Waals surface area contributed by atoms with Crippen molar-refractivity contribution in [3.63, 3.8) is 0 Å². The van der Waals surface area contributed by atoms with E-state index in [0.717, 1.165) is 16.7 Å². The monoisotopic (exact) mass is 520 g/mol. The van der Waals surface area contributed by atoms with Gasteiger partial charge in [-0.05, 0) is 54.1 Å². The van der Waals surface area contributed by atoms with Crippen molar-refractivity contribution in [2.45, 2.75) is 17.4 Å². The fourth-order valence-electron chi connectivity index (χ4n) is 3.99. The summed E-state index contributed by atoms with van der Waals surface area (Å²) in [4.78, 5) is 12.7. The minimum atomic E-state index is -3.84. The molecule has 0 unspecified atom stereocenters. The van der Waals surface area contributed by atoms with Gasteiger partial charge >= 0.3 is 5.97 Å². The number of carbonyl (C=O) groups is 1. The van der Waals surface area contributed by atoms with Gasteiger partial charge in [0.15, 0.2) is 0 Å². The lowest BCUT2D eigenvalue weighted by Gasteiger charge is -2.20. The number of benzene rings is 4. The molecule has 1 atom stereocenters. The van der Waals surface area contributed by atoms with E-state index in [1.165, 1.54) is 26.4 Å². The van der Waals surface area contributed by atoms with E-state index < -0.39 is 22.0 Å². The van der Waals surface area contributed by atoms with Crippen molar-refractivity contribution in [3.05, 3.63) is 90.5 Å². The van der Waals surface area contributed by atoms with Gasteiger partial charge in [0.05, 0.1) is 31.9 Å². The van der Waals surface area contributed by atoms with E-state index in [2.05, 4.69) is 10.0 Å². The summed E-state index contributed by atoms with van der Waals surface area (Å²) >= 11 is 0. The molecule has 0 aliphatic rings. The SMILES string of the molecule is COC(=O)[C@H](Cc1ccc(OC)cc1)Nc1ccc(NS(=O)(=O)c2ccc(OC)cc2)c2ccccc12. The number of esters is 1. The Morgan fingerprint density at radius 3 is 1.86 bits per heavy atom. The maximum Gasteiger partial charge on any atom is 0.328 e. The Kier molecular flexibility index (Phi) is 7.83. The first-order valence-corrected chi connectivity index (χ1v) is 13.0. The van der Waals surface area contributed by atoms with Gasteiger partial charge in [0, 0.05) is 22.9 Å². The van der Waals surface area contributed by atoms with Crippen molar-refractivity contribution in [1.82, 2.24) is 0 Å². The van der Waals surface area contributed by atoms with Gasteiger partial charge in [0.2, 0.25) is 0 Å². The van der Waals surface area contributed by atoms with Crippen LogP contribution in [-0.2, 0) is 26.0 Å². The Balaban J connectivity index is 1.63. The van der Waals surface area contributed by atoms with Crippen LogP contribution in [0.25, 0.3) is 10.8 Å². The Morgan fingerprint density at radius 1 is 0.757 bits per heavy atom. The molecule has 9 heteroatoms. The fourth-order valence-corrected chi connectivity index (χ4v) is 5.07. The number of carbonyl (C=O) groups excluding carboxylic acids is 1. The average molecular weight is 521 g/mol. The summed E-state index contributed by atoms with van der Waals surface area (Å²) in [6.45, 7) is 0. The number of rotatable bonds is 10. The highest BCUT2D eigenvalue weighted by molar-refractivity contribution is 7.92. The molecule has 0 amide bonds. The minimum Gasteiger partial charge on any atom is -0.497 e. The van der Waals surface area contributed by atoms with Crippen molar-refractivity contribution < 1.29 is 27.4 Å². The van der Waals surface area contributed by atoms with E-state index in [1.54, 1.807) is 31.4 Å². The molecule has 37 heavy (non-hydrogen) atoms. The van der Waals surface area contributed by atoms with Gasteiger partial charge < -0.3 is 19.5 Å². The zero-order valence-corrected chi connectivity index (χ0v) is 21.5. The minimum absolute atomic E-state index is 0.116. The van der Waals surface area contributed by atoms with Gasteiger partial charge in [-0.3, -0.25) is 4.72 Å². The molecule has 0 spiro atoms. The molecule has 0 aliphatic carbocycles. The summed E-state index contributed by atoms with van der Waals surface area (Å²) in [5, 5.41) is 4.72. The summed E-state index contributed by atoms with van der Waals surface area (Å²) in [6, 6.07) is 23.7. The van der Waals surface area contributed by atoms with E-state index in [9.17, 15) is 13.2 Å². The molecular formula is C28H28N2O6S. The molecule has 0 heterocycles. The lowest BCUT2D eigenvalue weighted by atomic mass is 10.0. The van der Waals surface area contributed by atoms with Gasteiger partial charge in [-0.25, -0.2) is 13.2 Å². The summed E-state index contributed by atoms with van der Waals surface area (Å²) in [5.41, 5.74) is 2.02. The van der Waals surface area contributed by atoms with E-state index in [-0.39, 0.29) is 4.90 Å². The molecule has 4 aromatic carbocycles. The average Bonchev–Trinajstić information content (AvgIpc) is 2.93. The van der Waals surface area contributed by atoms with Crippen molar-refractivity contribution in [1.29, 1.82) is 0 Å². The molecule has 4 rings (SSSR count). The second kappa shape index (κ2) is 11.2. The number of ether oxygens (including phenoxy) is 3. The van der Waals surface area contributed by atoms with Crippen LogP contribution in [0.4, 0.5) is 11.4 Å². The van der Waals surface area contributed by atoms with Gasteiger partial charge in [-0.15, -0.1) is 0 Å². The van der Waals surface area contributed by atoms with Crippen molar-refractivity contribution in [2.24, 2.45) is 0 Å². The van der Waals surface area contributed by atoms with Gasteiger partial charge in [0.1, 0.15) is 17.5 Å². The predicted molar refractivity (Wildman–Crippen MR) is 144 cm³/mol. The maximum absolute atomic E-state index is 13.0. The summed E-state index contributed by atoms with van der Waals surface area (Å²) < 4.78 is 44.1. The van der Waals surface area contributed by atoms with Crippen LogP contribution in [0.1, 0.15) is 5.56 Å². The van der Waals surface area contributed by atoms with Crippen LogP contribution in [-0.4, -0.2) is 41.8 Å². The molecule has 0 saturated heterocycles. The normalized spacial score (nSPS) is 12.0. The van der Waals surface area contributed by atoms with Crippen molar-refractivity contribution in [2.75, 3.05) is 31.4 Å². The molecule has 0 aromatic heterocycles. The largest absolute Gasteiger partial charge is 0.497 e. The second-order valence-corrected chi connectivity index (χ2v) is 9.94. The van der Waals surface area contributed by atoms with Crippen LogP contribution < -0.4 is 19.5 Å². The second-order valence-electron chi connectivity index (χ2n) is 8.26. The highest BCUT2D eigenvalue weighted by atomic mass is 32.2. The summed E-state index contributed by atoms with van der Waals surface area (Å²) in [7, 11) is 0.624. The number of hydrogen-bond acceptors (Lipinski definition) is 7. The third kappa shape index (κ3) is 5.95. The maximum atomic E-state index is 13.0. The number of anilines is 2. The zero-order valence-electron chi connectivity index (χ0n) is 20.7. The highest BCUT2D eigenvalue weighted by Crippen LogP contribution is 2.32. The molecule has 0 radical (unpaired) electrons. The number of nitrogens with one attached hydrogen (secondary N) is 2. The first-order valence-electron chi connectivity index (χ1n) is 11.5. The Morgan fingerprint density at radius 2 is 1.30 bits per heavy atom. The van der Waals surface area contributed by atoms with Crippen LogP contribution >= 0.6 is 0 Å². The van der Waals surface area contributed by atoms with Crippen LogP contribution in [0.3, 0.4) is 0 Å². The quantitative estimate of drug-likeness (QED) is 0.288. The smallest absolute Gasteiger partial charge is 0.328 e. The number of hydrogen-bond donors (Lipinski definition) is 2. The number of fused-ring (bicyclic) bond motifs is 1. The van der Waals surface area contributed by atoms with Crippen molar-refractivity contribution in [3.8, 4) is 11.5 Å². The Labute approximate surface area is 216 Å². The first kappa shape index (κ1) is 25.8. The van der Waals surface area contributed by atoms with Crippen LogP contribution in [0.5, 0.6) is 11.5 Å². The third-order valence-electron chi connectivity index (χ3n) is 5.95. The van der Waals surface area contributed by atoms with Gasteiger partial charge in [-0.2, -0.15) is 0 Å². The topological polar surface area (TPSA) is 103 Å². The van der Waals surface area contributed by atoms with E-state index in [1.807, 2.05) is 48.5 Å². The molecular weight excluding hydrogens is 492 g/mol. The molecule has 0 saturated carbocycles. The van der Waals surface area contributed by atoms with Gasteiger partial charge in [-0.1, -0.05) is 36.4 Å². The van der Waals surface area contributed by atoms with Crippen LogP contribution in [0, 0.1) is 0 Å². The predicted octanol–water partition coefficient (Wildman–Crippen LogP) is 4.85. The Hall–Kier alpha value is -4.24. The molecule has 0 bridgehead atoms. The molecule has 192 valence electrons. The third-order valence-corrected chi connectivity index (χ3v) is 7.33. The summed E-state index contributed by atoms with van der Waals surface area (Å²) in [5.74, 6) is 0.879. The van der Waals surface area contributed by atoms with E-state index in [4.69, 9.17) is 14.2 Å². The van der Waals surface area contributed by atoms with Crippen molar-refractivity contribution >= 4 is 38.1 Å². The highest BCUT2D eigenvalue weighted by Gasteiger charge is 2.22. The molecule has 2 N–H and O–H groups in total. The van der Waals surface area contributed by atoms with E-state index >= 15 is 0 Å². The van der Waals surface area contributed by atoms with Crippen LogP contribution in [0.15, 0.2) is 89.8 Å². The molecule has 8 nitrogen and oxygen atoms in total. The summed E-state index contributed by atoms with van der Waals surface area (Å²) in [6.07, 6.45) is 0.386. The first-order chi connectivity index (χ1) is 17.8. The fraction of sp³-hybridized carbons (Fsp3) is 0.179. The van der Waals surface area contributed by atoms with E-state index in [0.29, 0.717) is 28.9 Å². The Bertz CT molecular complexity index is 1490. The number of sulfonamides is 1. The van der Waals surface area contributed by atoms with Crippen LogP contribution in [0.2, 0.25) is 0 Å². The van der Waals surface area contributed by atoms with Gasteiger partial charge in [0.25, 0.3) is 10.0 Å². The molecule has 4 aromatic rings. The lowest BCUT2D eigenvalue weighted by molar-refractivity contribution is -0.141. The number of methoxy groups -OCH3 is 3. The molecule has 0 aliphatic heterocycles. The zero-order chi connectivity index (χ0) is 26.4. The standard InChI is InChI=1S/C28H28N2O6S/c1-34-20-10-8-19(9-11-20)18-27(28(31)36-3)29-25-16-17-26(24-7-5-4-6-23(24)25)30-37(32,33)22-14-12-21(35-2)13-15-22/h4-17,27,29-30H,18H2,1-3H3/t27-/m0/s1.